The molecule has 1 aliphatic carbocycles. The Labute approximate surface area is 139 Å². The van der Waals surface area contributed by atoms with Crippen molar-refractivity contribution in [2.75, 3.05) is 0 Å². The lowest BCUT2D eigenvalue weighted by atomic mass is 10.1. The van der Waals surface area contributed by atoms with Crippen LogP contribution >= 0.6 is 0 Å². The van der Waals surface area contributed by atoms with Gasteiger partial charge in [0.25, 0.3) is 5.56 Å². The van der Waals surface area contributed by atoms with Crippen LogP contribution in [0.15, 0.2) is 17.1 Å². The molecule has 3 aromatic heterocycles. The molecule has 1 N–H and O–H groups in total. The topological polar surface area (TPSA) is 85.3 Å². The molecule has 3 aromatic rings. The summed E-state index contributed by atoms with van der Waals surface area (Å²) in [6.07, 6.45) is 5.62. The van der Waals surface area contributed by atoms with Crippen molar-refractivity contribution in [3.63, 3.8) is 0 Å². The zero-order valence-electron chi connectivity index (χ0n) is 14.0. The fourth-order valence-corrected chi connectivity index (χ4v) is 3.14. The lowest BCUT2D eigenvalue weighted by Gasteiger charge is -2.13. The maximum atomic E-state index is 13.0. The van der Waals surface area contributed by atoms with Gasteiger partial charge in [-0.2, -0.15) is 0 Å². The number of aromatic nitrogens is 5. The van der Waals surface area contributed by atoms with Gasteiger partial charge in [-0.3, -0.25) is 9.20 Å². The smallest absolute Gasteiger partial charge is 0.296 e. The van der Waals surface area contributed by atoms with Crippen molar-refractivity contribution in [2.24, 2.45) is 0 Å². The molecule has 1 aliphatic rings. The van der Waals surface area contributed by atoms with E-state index in [-0.39, 0.29) is 17.6 Å². The largest absolute Gasteiger partial charge is 0.392 e. The molecule has 1 fully saturated rings. The van der Waals surface area contributed by atoms with E-state index in [1.807, 2.05) is 10.5 Å². The average molecular weight is 327 g/mol. The van der Waals surface area contributed by atoms with Crippen molar-refractivity contribution in [3.8, 4) is 0 Å². The van der Waals surface area contributed by atoms with Crippen LogP contribution in [0.1, 0.15) is 50.9 Å². The predicted octanol–water partition coefficient (Wildman–Crippen LogP) is 1.78. The maximum Gasteiger partial charge on any atom is 0.296 e. The van der Waals surface area contributed by atoms with Crippen LogP contribution in [0.4, 0.5) is 0 Å². The van der Waals surface area contributed by atoms with Crippen LogP contribution in [0.2, 0.25) is 0 Å². The zero-order chi connectivity index (χ0) is 16.9. The Bertz CT molecular complexity index is 984. The monoisotopic (exact) mass is 327 g/mol. The van der Waals surface area contributed by atoms with Crippen molar-refractivity contribution in [3.05, 3.63) is 34.0 Å². The second-order valence-electron chi connectivity index (χ2n) is 6.90. The number of aryl methyl sites for hydroxylation is 1. The Kier molecular flexibility index (Phi) is 3.42. The van der Waals surface area contributed by atoms with E-state index in [0.29, 0.717) is 23.4 Å². The van der Waals surface area contributed by atoms with Gasteiger partial charge in [0.1, 0.15) is 5.82 Å². The van der Waals surface area contributed by atoms with Crippen molar-refractivity contribution < 1.29 is 5.11 Å². The molecule has 0 aliphatic heterocycles. The summed E-state index contributed by atoms with van der Waals surface area (Å²) in [6, 6.07) is 1.85. The highest BCUT2D eigenvalue weighted by Gasteiger charge is 2.44. The predicted molar refractivity (Wildman–Crippen MR) is 90.0 cm³/mol. The molecular weight excluding hydrogens is 306 g/mol. The van der Waals surface area contributed by atoms with Crippen molar-refractivity contribution in [1.29, 1.82) is 0 Å². The normalized spacial score (nSPS) is 16.1. The van der Waals surface area contributed by atoms with Gasteiger partial charge in [-0.15, -0.1) is 10.2 Å². The maximum absolute atomic E-state index is 13.0. The first-order chi connectivity index (χ1) is 11.6. The van der Waals surface area contributed by atoms with Crippen LogP contribution in [-0.4, -0.2) is 29.3 Å². The van der Waals surface area contributed by atoms with E-state index < -0.39 is 0 Å². The van der Waals surface area contributed by atoms with Crippen LogP contribution < -0.4 is 5.56 Å². The van der Waals surface area contributed by atoms with E-state index >= 15 is 0 Å². The van der Waals surface area contributed by atoms with Crippen LogP contribution in [0.25, 0.3) is 16.8 Å². The summed E-state index contributed by atoms with van der Waals surface area (Å²) >= 11 is 0. The molecule has 1 saturated carbocycles. The van der Waals surface area contributed by atoms with E-state index in [1.165, 1.54) is 0 Å². The summed E-state index contributed by atoms with van der Waals surface area (Å²) < 4.78 is 3.53. The molecular formula is C17H21N5O2. The van der Waals surface area contributed by atoms with Gasteiger partial charge in [-0.1, -0.05) is 20.3 Å². The quantitative estimate of drug-likeness (QED) is 0.772. The van der Waals surface area contributed by atoms with Gasteiger partial charge in [0, 0.05) is 18.2 Å². The third kappa shape index (κ3) is 2.15. The summed E-state index contributed by atoms with van der Waals surface area (Å²) in [5.74, 6) is 0.812. The molecule has 0 bridgehead atoms. The highest BCUT2D eigenvalue weighted by molar-refractivity contribution is 5.75. The third-order valence-electron chi connectivity index (χ3n) is 4.96. The average Bonchev–Trinajstić information content (AvgIpc) is 3.18. The lowest BCUT2D eigenvalue weighted by Crippen LogP contribution is -2.25. The van der Waals surface area contributed by atoms with Crippen molar-refractivity contribution in [2.45, 2.75) is 58.1 Å². The molecule has 0 saturated heterocycles. The highest BCUT2D eigenvalue weighted by Crippen LogP contribution is 2.46. The number of aliphatic hydroxyl groups excluding tert-OH is 1. The van der Waals surface area contributed by atoms with Gasteiger partial charge in [-0.25, -0.2) is 4.98 Å². The number of fused-ring (bicyclic) bond motifs is 3. The molecule has 3 heterocycles. The zero-order valence-corrected chi connectivity index (χ0v) is 14.0. The Morgan fingerprint density at radius 1 is 1.29 bits per heavy atom. The first kappa shape index (κ1) is 15.3. The van der Waals surface area contributed by atoms with Crippen LogP contribution in [0, 0.1) is 0 Å². The van der Waals surface area contributed by atoms with Gasteiger partial charge in [0.05, 0.1) is 12.1 Å². The van der Waals surface area contributed by atoms with Gasteiger partial charge < -0.3 is 9.67 Å². The van der Waals surface area contributed by atoms with Crippen molar-refractivity contribution >= 4 is 16.8 Å². The molecule has 7 heteroatoms. The second kappa shape index (κ2) is 5.37. The molecule has 0 radical (unpaired) electrons. The fourth-order valence-electron chi connectivity index (χ4n) is 3.14. The molecule has 0 atom stereocenters. The van der Waals surface area contributed by atoms with E-state index in [2.05, 4.69) is 29.0 Å². The minimum Gasteiger partial charge on any atom is -0.392 e. The number of rotatable bonds is 5. The number of hydrogen-bond donors (Lipinski definition) is 1. The van der Waals surface area contributed by atoms with Crippen molar-refractivity contribution in [1.82, 2.24) is 24.1 Å². The minimum absolute atomic E-state index is 0.0221. The Hall–Kier alpha value is -2.28. The van der Waals surface area contributed by atoms with Crippen LogP contribution in [0.5, 0.6) is 0 Å². The Morgan fingerprint density at radius 2 is 2.08 bits per heavy atom. The van der Waals surface area contributed by atoms with Crippen LogP contribution in [-0.2, 0) is 18.6 Å². The third-order valence-corrected chi connectivity index (χ3v) is 4.96. The Morgan fingerprint density at radius 3 is 2.75 bits per heavy atom. The number of unbranched alkanes of at least 4 members (excludes halogenated alkanes) is 1. The molecule has 7 nitrogen and oxygen atoms in total. The Balaban J connectivity index is 2.10. The lowest BCUT2D eigenvalue weighted by molar-refractivity contribution is 0.281. The van der Waals surface area contributed by atoms with E-state index in [0.717, 1.165) is 37.0 Å². The summed E-state index contributed by atoms with van der Waals surface area (Å²) in [5.41, 5.74) is 2.29. The van der Waals surface area contributed by atoms with E-state index in [4.69, 9.17) is 0 Å². The van der Waals surface area contributed by atoms with E-state index in [9.17, 15) is 9.90 Å². The molecule has 24 heavy (non-hydrogen) atoms. The van der Waals surface area contributed by atoms with Gasteiger partial charge >= 0.3 is 0 Å². The molecule has 4 rings (SSSR count). The second-order valence-corrected chi connectivity index (χ2v) is 6.90. The number of aliphatic hydroxyl groups is 1. The summed E-state index contributed by atoms with van der Waals surface area (Å²) in [7, 11) is 0. The standard InChI is InChI=1S/C17H21N5O2/c1-3-4-7-21-12-8-11(10-23)9-18-13(12)22-14(15(21)24)19-20-16(22)17(2)5-6-17/h8-9,23H,3-7,10H2,1-2H3. The number of pyridine rings is 1. The van der Waals surface area contributed by atoms with Gasteiger partial charge in [0.2, 0.25) is 5.65 Å². The molecule has 0 amide bonds. The van der Waals surface area contributed by atoms with Gasteiger partial charge in [-0.05, 0) is 30.9 Å². The number of hydrogen-bond acceptors (Lipinski definition) is 5. The summed E-state index contributed by atoms with van der Waals surface area (Å²) in [5, 5.41) is 17.9. The minimum atomic E-state index is -0.143. The van der Waals surface area contributed by atoms with E-state index in [1.54, 1.807) is 10.8 Å². The molecule has 0 spiro atoms. The molecule has 0 unspecified atom stereocenters. The van der Waals surface area contributed by atoms with Crippen LogP contribution in [0.3, 0.4) is 0 Å². The summed E-state index contributed by atoms with van der Waals surface area (Å²) in [6.45, 7) is 4.74. The summed E-state index contributed by atoms with van der Waals surface area (Å²) in [4.78, 5) is 17.5. The fraction of sp³-hybridized carbons (Fsp3) is 0.529. The molecule has 0 aromatic carbocycles. The first-order valence-electron chi connectivity index (χ1n) is 8.47. The number of nitrogens with zero attached hydrogens (tertiary/aromatic N) is 5. The highest BCUT2D eigenvalue weighted by atomic mass is 16.3. The van der Waals surface area contributed by atoms with Gasteiger partial charge in [0.15, 0.2) is 5.65 Å². The molecule has 126 valence electrons. The first-order valence-corrected chi connectivity index (χ1v) is 8.47. The SMILES string of the molecule is CCCCn1c(=O)c2nnc(C3(C)CC3)n2c2ncc(CO)cc21.